The van der Waals surface area contributed by atoms with E-state index in [0.717, 1.165) is 92.8 Å². The van der Waals surface area contributed by atoms with Gasteiger partial charge < -0.3 is 29.7 Å². The van der Waals surface area contributed by atoms with Crippen LogP contribution in [0.1, 0.15) is 101 Å². The van der Waals surface area contributed by atoms with E-state index in [2.05, 4.69) is 280 Å². The van der Waals surface area contributed by atoms with Gasteiger partial charge in [-0.05, 0) is 128 Å². The van der Waals surface area contributed by atoms with Gasteiger partial charge in [0.2, 0.25) is 0 Å². The molecule has 16 aromatic rings. The average Bonchev–Trinajstić information content (AvgIpc) is 1.58. The molecule has 16 rings (SSSR count). The third kappa shape index (κ3) is 24.6. The molecule has 0 aliphatic rings. The molecular formula is C98H92F3Ir2N7O5S-4. The number of pyridine rings is 3. The van der Waals surface area contributed by atoms with Crippen molar-refractivity contribution in [1.82, 2.24) is 34.1 Å². The molecule has 18 heteroatoms. The van der Waals surface area contributed by atoms with Crippen LogP contribution < -0.4 is 0 Å². The number of nitrogens with zero attached hydrogens (tertiary/aromatic N) is 7. The molecule has 5 heterocycles. The van der Waals surface area contributed by atoms with Gasteiger partial charge in [0, 0.05) is 84.3 Å². The van der Waals surface area contributed by atoms with Crippen LogP contribution in [0.5, 0.6) is 0 Å². The fourth-order valence-electron chi connectivity index (χ4n) is 12.5. The van der Waals surface area contributed by atoms with Crippen LogP contribution in [0, 0.1) is 24.3 Å². The van der Waals surface area contributed by atoms with E-state index in [4.69, 9.17) is 33.2 Å². The third-order valence-corrected chi connectivity index (χ3v) is 18.5. The van der Waals surface area contributed by atoms with Crippen molar-refractivity contribution in [3.8, 4) is 90.2 Å². The molecule has 2 radical (unpaired) electrons. The Labute approximate surface area is 707 Å². The Hall–Kier alpha value is -11.3. The van der Waals surface area contributed by atoms with Crippen LogP contribution in [0.2, 0.25) is 0 Å². The van der Waals surface area contributed by atoms with Gasteiger partial charge in [0.05, 0.1) is 33.6 Å². The van der Waals surface area contributed by atoms with E-state index < -0.39 is 15.6 Å². The molecule has 0 spiro atoms. The number of aliphatic hydroxyl groups excluding tert-OH is 2. The van der Waals surface area contributed by atoms with Gasteiger partial charge in [0.15, 0.2) is 0 Å². The molecule has 0 atom stereocenters. The Morgan fingerprint density at radius 2 is 0.603 bits per heavy atom. The molecule has 598 valence electrons. The maximum Gasteiger partial charge on any atom is 0.522 e. The molecule has 11 aromatic carbocycles. The summed E-state index contributed by atoms with van der Waals surface area (Å²) in [5.41, 5.74) is 19.6. The largest absolute Gasteiger partial charge is 0.522 e. The molecule has 0 amide bonds. The number of imidazole rings is 2. The fraction of sp³-hybridized carbons (Fsp3) is 0.153. The number of benzene rings is 11. The second-order valence-corrected chi connectivity index (χ2v) is 28.3. The summed E-state index contributed by atoms with van der Waals surface area (Å²) < 4.78 is 62.3. The van der Waals surface area contributed by atoms with Crippen molar-refractivity contribution in [3.63, 3.8) is 0 Å². The summed E-state index contributed by atoms with van der Waals surface area (Å²) in [6.07, 6.45) is 5.36. The van der Waals surface area contributed by atoms with Gasteiger partial charge in [-0.2, -0.15) is 21.6 Å². The maximum absolute atomic E-state index is 10.7. The van der Waals surface area contributed by atoms with Crippen molar-refractivity contribution >= 4 is 32.2 Å². The number of para-hydroxylation sites is 2. The van der Waals surface area contributed by atoms with Gasteiger partial charge in [-0.15, -0.1) is 144 Å². The molecule has 3 N–H and O–H groups in total. The second kappa shape index (κ2) is 45.7. The first-order valence-electron chi connectivity index (χ1n) is 37.3. The van der Waals surface area contributed by atoms with Crippen LogP contribution >= 0.6 is 0 Å². The number of alkyl halides is 3. The summed E-state index contributed by atoms with van der Waals surface area (Å²) in [4.78, 5) is 22.9. The molecule has 0 bridgehead atoms. The number of halogens is 3. The average molecular weight is 1920 g/mol. The van der Waals surface area contributed by atoms with Gasteiger partial charge >= 0.3 is 15.6 Å². The van der Waals surface area contributed by atoms with E-state index in [1.54, 1.807) is 18.6 Å². The third-order valence-electron chi connectivity index (χ3n) is 17.9. The van der Waals surface area contributed by atoms with Crippen molar-refractivity contribution in [3.05, 3.63) is 381 Å². The molecule has 0 fully saturated rings. The first kappa shape index (κ1) is 91.9. The molecule has 0 saturated carbocycles. The molecular weight excluding hydrogens is 1830 g/mol. The van der Waals surface area contributed by atoms with E-state index in [-0.39, 0.29) is 40.2 Å². The zero-order valence-electron chi connectivity index (χ0n) is 66.1. The Morgan fingerprint density at radius 1 is 0.328 bits per heavy atom. The van der Waals surface area contributed by atoms with Crippen LogP contribution in [0.4, 0.5) is 13.2 Å². The van der Waals surface area contributed by atoms with Gasteiger partial charge in [0.25, 0.3) is 0 Å². The van der Waals surface area contributed by atoms with Gasteiger partial charge in [0.1, 0.15) is 5.82 Å². The van der Waals surface area contributed by atoms with Crippen molar-refractivity contribution < 1.29 is 76.6 Å². The van der Waals surface area contributed by atoms with Crippen LogP contribution in [0.3, 0.4) is 0 Å². The van der Waals surface area contributed by atoms with Crippen LogP contribution in [-0.2, 0) is 50.3 Å². The molecule has 12 nitrogen and oxygen atoms in total. The standard InChI is InChI=1S/C31H30N2.C31H29N2.3C11H8N.CHF3O3S.2CH4O.2Ir/c2*1-21(2)26-16-11-17-27(22(3)4)30(26)33-29-20-25(23-12-7-5-8-13-23)18-19-28(29)32-31(33)24-14-9-6-10-15-24;3*1-2-6-10(7-3-1)11-8-4-5-9-12-11;2-1(3,4)8(5,6)7;2*1-2;;/h5-22H,1-4H3;5-14,16-22H,1-4H3;3*1-6,8-9H;(H,5,6,7);2*2H,1H3;;/q;4*-1;;;;;. The smallest absolute Gasteiger partial charge is 0.400 e. The van der Waals surface area contributed by atoms with E-state index in [1.165, 1.54) is 55.9 Å². The summed E-state index contributed by atoms with van der Waals surface area (Å²) in [6.45, 7) is 18.2. The molecule has 0 saturated heterocycles. The van der Waals surface area contributed by atoms with Gasteiger partial charge in [-0.3, -0.25) is 14.1 Å². The van der Waals surface area contributed by atoms with Crippen molar-refractivity contribution in [2.75, 3.05) is 14.2 Å². The van der Waals surface area contributed by atoms with E-state index in [9.17, 15) is 13.2 Å². The van der Waals surface area contributed by atoms with Crippen molar-refractivity contribution in [2.24, 2.45) is 0 Å². The minimum absolute atomic E-state index is 0. The predicted octanol–water partition coefficient (Wildman–Crippen LogP) is 24.3. The molecule has 5 aromatic heterocycles. The molecule has 116 heavy (non-hydrogen) atoms. The Bertz CT molecular complexity index is 5110. The molecule has 0 aliphatic carbocycles. The monoisotopic (exact) mass is 1920 g/mol. The number of hydrogen-bond acceptors (Lipinski definition) is 9. The summed E-state index contributed by atoms with van der Waals surface area (Å²) >= 11 is 0. The Morgan fingerprint density at radius 3 is 0.879 bits per heavy atom. The maximum atomic E-state index is 10.7. The number of aliphatic hydroxyl groups is 2. The van der Waals surface area contributed by atoms with E-state index >= 15 is 0 Å². The normalized spacial score (nSPS) is 10.7. The van der Waals surface area contributed by atoms with E-state index in [0.29, 0.717) is 23.7 Å². The van der Waals surface area contributed by atoms with Crippen LogP contribution in [0.25, 0.3) is 112 Å². The molecule has 0 unspecified atom stereocenters. The minimum atomic E-state index is -5.84. The predicted molar refractivity (Wildman–Crippen MR) is 458 cm³/mol. The number of fused-ring (bicyclic) bond motifs is 2. The summed E-state index contributed by atoms with van der Waals surface area (Å²) in [5.74, 6) is 3.51. The summed E-state index contributed by atoms with van der Waals surface area (Å²) in [6, 6.07) is 120. The summed E-state index contributed by atoms with van der Waals surface area (Å²) in [5, 5.41) is 14.0. The first-order valence-corrected chi connectivity index (χ1v) is 38.7. The topological polar surface area (TPSA) is 169 Å². The van der Waals surface area contributed by atoms with Gasteiger partial charge in [-0.25, -0.2) is 4.98 Å². The zero-order valence-corrected chi connectivity index (χ0v) is 71.7. The SMILES string of the molecule is CC(C)c1cccc(C(C)C)c1-n1c(-c2[c-]cccc2)nc2ccc(-c3ccccc3)cc21.CC(C)c1cccc(C(C)C)c1-n1c(-c2ccccc2)nc2ccc(-c3ccccc3)cc21.CO.CO.O=S(=O)(O)C(F)(F)F.[Ir].[Ir].[c-]1ccccc1-c1ccccn1.[c-]1ccccc1-c1ccccn1.[c-]1ccccc1-c1ccccn1. The first-order chi connectivity index (χ1) is 55.2. The minimum Gasteiger partial charge on any atom is -0.400 e. The van der Waals surface area contributed by atoms with E-state index in [1.807, 2.05) is 140 Å². The Kier molecular flexibility index (Phi) is 36.2. The number of aromatic nitrogens is 7. The van der Waals surface area contributed by atoms with Crippen molar-refractivity contribution in [1.29, 1.82) is 0 Å². The van der Waals surface area contributed by atoms with Crippen LogP contribution in [-0.4, -0.2) is 77.0 Å². The van der Waals surface area contributed by atoms with Gasteiger partial charge in [-0.1, -0.05) is 231 Å². The quantitative estimate of drug-likeness (QED) is 0.0574. The molecule has 0 aliphatic heterocycles. The van der Waals surface area contributed by atoms with Crippen molar-refractivity contribution in [2.45, 2.75) is 84.6 Å². The number of hydrogen-bond donors (Lipinski definition) is 3. The Balaban J connectivity index is 0.000000206. The van der Waals surface area contributed by atoms with Crippen LogP contribution in [0.15, 0.2) is 334 Å². The second-order valence-electron chi connectivity index (χ2n) is 26.9. The number of rotatable bonds is 13. The summed E-state index contributed by atoms with van der Waals surface area (Å²) in [7, 11) is -3.84. The zero-order chi connectivity index (χ0) is 81.6. The fourth-order valence-corrected chi connectivity index (χ4v) is 12.5.